The predicted octanol–water partition coefficient (Wildman–Crippen LogP) is 1.43. The van der Waals surface area contributed by atoms with Crippen LogP contribution in [0.5, 0.6) is 0 Å². The Hall–Kier alpha value is -0.330. The van der Waals surface area contributed by atoms with Crippen molar-refractivity contribution in [3.63, 3.8) is 0 Å². The Morgan fingerprint density at radius 2 is 2.06 bits per heavy atom. The van der Waals surface area contributed by atoms with Crippen molar-refractivity contribution >= 4 is 0 Å². The van der Waals surface area contributed by atoms with E-state index in [4.69, 9.17) is 10.5 Å². The summed E-state index contributed by atoms with van der Waals surface area (Å²) in [5.74, 6) is 0. The van der Waals surface area contributed by atoms with Gasteiger partial charge in [-0.25, -0.2) is 0 Å². The second-order valence-corrected chi connectivity index (χ2v) is 4.41. The van der Waals surface area contributed by atoms with Crippen LogP contribution in [0.1, 0.15) is 25.7 Å². The predicted molar refractivity (Wildman–Crippen MR) is 55.1 cm³/mol. The number of alkyl halides is 3. The van der Waals surface area contributed by atoms with Crippen LogP contribution in [0.3, 0.4) is 0 Å². The molecule has 3 nitrogen and oxygen atoms in total. The summed E-state index contributed by atoms with van der Waals surface area (Å²) in [6, 6.07) is 0. The molecule has 16 heavy (non-hydrogen) atoms. The van der Waals surface area contributed by atoms with Crippen LogP contribution >= 0.6 is 0 Å². The van der Waals surface area contributed by atoms with Crippen molar-refractivity contribution in [2.75, 3.05) is 26.3 Å². The van der Waals surface area contributed by atoms with Crippen LogP contribution in [-0.4, -0.2) is 38.0 Å². The molecule has 0 aromatic rings. The van der Waals surface area contributed by atoms with E-state index in [0.29, 0.717) is 32.7 Å². The fourth-order valence-corrected chi connectivity index (χ4v) is 1.68. The first-order valence-electron chi connectivity index (χ1n) is 5.55. The molecule has 1 rings (SSSR count). The number of hydrogen-bond acceptors (Lipinski definition) is 3. The van der Waals surface area contributed by atoms with E-state index in [0.717, 1.165) is 6.42 Å². The first-order chi connectivity index (χ1) is 7.41. The maximum absolute atomic E-state index is 11.8. The second kappa shape index (κ2) is 5.84. The molecule has 0 bridgehead atoms. The standard InChI is InChI=1S/C10H19F3N2O/c11-10(12,13)3-1-2-5-15-7-9(14)4-6-16-8-9/h15H,1-8,14H2. The van der Waals surface area contributed by atoms with Gasteiger partial charge in [0.1, 0.15) is 0 Å². The Morgan fingerprint density at radius 1 is 1.31 bits per heavy atom. The normalized spacial score (nSPS) is 26.2. The molecule has 0 aromatic heterocycles. The van der Waals surface area contributed by atoms with E-state index in [1.165, 1.54) is 0 Å². The van der Waals surface area contributed by atoms with Crippen LogP contribution < -0.4 is 11.1 Å². The first kappa shape index (κ1) is 13.7. The lowest BCUT2D eigenvalue weighted by Gasteiger charge is -2.22. The number of unbranched alkanes of at least 4 members (excludes halogenated alkanes) is 1. The van der Waals surface area contributed by atoms with Crippen molar-refractivity contribution in [2.24, 2.45) is 5.73 Å². The van der Waals surface area contributed by atoms with Gasteiger partial charge in [0.25, 0.3) is 0 Å². The molecular weight excluding hydrogens is 221 g/mol. The zero-order chi connectivity index (χ0) is 12.1. The zero-order valence-electron chi connectivity index (χ0n) is 9.28. The monoisotopic (exact) mass is 240 g/mol. The molecule has 1 saturated heterocycles. The van der Waals surface area contributed by atoms with E-state index >= 15 is 0 Å². The Bertz CT molecular complexity index is 203. The van der Waals surface area contributed by atoms with Crippen LogP contribution in [0, 0.1) is 0 Å². The molecule has 1 heterocycles. The van der Waals surface area contributed by atoms with Crippen molar-refractivity contribution in [1.29, 1.82) is 0 Å². The molecule has 1 atom stereocenters. The average molecular weight is 240 g/mol. The summed E-state index contributed by atoms with van der Waals surface area (Å²) < 4.78 is 40.6. The van der Waals surface area contributed by atoms with E-state index in [2.05, 4.69) is 5.32 Å². The van der Waals surface area contributed by atoms with Gasteiger partial charge in [-0.05, 0) is 25.8 Å². The number of nitrogens with two attached hydrogens (primary N) is 1. The molecule has 0 aliphatic carbocycles. The molecule has 0 radical (unpaired) electrons. The fourth-order valence-electron chi connectivity index (χ4n) is 1.68. The Kier molecular flexibility index (Phi) is 5.01. The lowest BCUT2D eigenvalue weighted by Crippen LogP contribution is -2.49. The highest BCUT2D eigenvalue weighted by Gasteiger charge is 2.29. The van der Waals surface area contributed by atoms with Crippen molar-refractivity contribution in [3.05, 3.63) is 0 Å². The average Bonchev–Trinajstić information content (AvgIpc) is 2.57. The molecule has 1 fully saturated rings. The summed E-state index contributed by atoms with van der Waals surface area (Å²) in [6.07, 6.45) is -3.23. The van der Waals surface area contributed by atoms with E-state index in [9.17, 15) is 13.2 Å². The van der Waals surface area contributed by atoms with Gasteiger partial charge in [-0.3, -0.25) is 0 Å². The second-order valence-electron chi connectivity index (χ2n) is 4.41. The Morgan fingerprint density at radius 3 is 2.62 bits per heavy atom. The molecule has 0 spiro atoms. The molecule has 0 aromatic carbocycles. The van der Waals surface area contributed by atoms with Gasteiger partial charge in [-0.1, -0.05) is 0 Å². The number of ether oxygens (including phenoxy) is 1. The molecule has 0 saturated carbocycles. The third-order valence-corrected chi connectivity index (χ3v) is 2.67. The third-order valence-electron chi connectivity index (χ3n) is 2.67. The maximum Gasteiger partial charge on any atom is 0.389 e. The van der Waals surface area contributed by atoms with E-state index < -0.39 is 12.6 Å². The van der Waals surface area contributed by atoms with Gasteiger partial charge in [-0.15, -0.1) is 0 Å². The van der Waals surface area contributed by atoms with Gasteiger partial charge >= 0.3 is 6.18 Å². The zero-order valence-corrected chi connectivity index (χ0v) is 9.28. The quantitative estimate of drug-likeness (QED) is 0.690. The maximum atomic E-state index is 11.8. The third kappa shape index (κ3) is 5.67. The molecular formula is C10H19F3N2O. The minimum Gasteiger partial charge on any atom is -0.379 e. The molecule has 6 heteroatoms. The van der Waals surface area contributed by atoms with E-state index in [1.807, 2.05) is 0 Å². The van der Waals surface area contributed by atoms with Crippen LogP contribution in [0.15, 0.2) is 0 Å². The Balaban J connectivity index is 1.96. The van der Waals surface area contributed by atoms with Gasteiger partial charge < -0.3 is 15.8 Å². The fraction of sp³-hybridized carbons (Fsp3) is 1.00. The van der Waals surface area contributed by atoms with E-state index in [1.54, 1.807) is 0 Å². The summed E-state index contributed by atoms with van der Waals surface area (Å²) in [4.78, 5) is 0. The van der Waals surface area contributed by atoms with Gasteiger partial charge in [0.2, 0.25) is 0 Å². The van der Waals surface area contributed by atoms with Crippen molar-refractivity contribution in [2.45, 2.75) is 37.4 Å². The summed E-state index contributed by atoms with van der Waals surface area (Å²) in [5, 5.41) is 3.08. The largest absolute Gasteiger partial charge is 0.389 e. The summed E-state index contributed by atoms with van der Waals surface area (Å²) in [6.45, 7) is 2.39. The summed E-state index contributed by atoms with van der Waals surface area (Å²) >= 11 is 0. The number of halogens is 3. The van der Waals surface area contributed by atoms with Crippen molar-refractivity contribution in [1.82, 2.24) is 5.32 Å². The van der Waals surface area contributed by atoms with Gasteiger partial charge in [0, 0.05) is 19.6 Å². The molecule has 0 amide bonds. The van der Waals surface area contributed by atoms with Gasteiger partial charge in [0.15, 0.2) is 0 Å². The smallest absolute Gasteiger partial charge is 0.379 e. The molecule has 1 aliphatic heterocycles. The molecule has 1 aliphatic rings. The van der Waals surface area contributed by atoms with Gasteiger partial charge in [-0.2, -0.15) is 13.2 Å². The number of hydrogen-bond donors (Lipinski definition) is 2. The lowest BCUT2D eigenvalue weighted by molar-refractivity contribution is -0.135. The highest BCUT2D eigenvalue weighted by atomic mass is 19.4. The summed E-state index contributed by atoms with van der Waals surface area (Å²) in [5.41, 5.74) is 5.65. The highest BCUT2D eigenvalue weighted by molar-refractivity contribution is 4.89. The topological polar surface area (TPSA) is 47.3 Å². The van der Waals surface area contributed by atoms with Crippen LogP contribution in [0.2, 0.25) is 0 Å². The van der Waals surface area contributed by atoms with Crippen LogP contribution in [-0.2, 0) is 4.74 Å². The minimum atomic E-state index is -4.03. The molecule has 96 valence electrons. The number of rotatable bonds is 6. The van der Waals surface area contributed by atoms with Crippen molar-refractivity contribution < 1.29 is 17.9 Å². The van der Waals surface area contributed by atoms with E-state index in [-0.39, 0.29) is 12.0 Å². The summed E-state index contributed by atoms with van der Waals surface area (Å²) in [7, 11) is 0. The SMILES string of the molecule is NC1(CNCCCCC(F)(F)F)CCOC1. The highest BCUT2D eigenvalue weighted by Crippen LogP contribution is 2.21. The molecule has 1 unspecified atom stereocenters. The molecule has 3 N–H and O–H groups in total. The number of nitrogens with one attached hydrogen (secondary N) is 1. The lowest BCUT2D eigenvalue weighted by atomic mass is 10.0. The van der Waals surface area contributed by atoms with Gasteiger partial charge in [0.05, 0.1) is 12.1 Å². The first-order valence-corrected chi connectivity index (χ1v) is 5.55. The van der Waals surface area contributed by atoms with Crippen LogP contribution in [0.25, 0.3) is 0 Å². The van der Waals surface area contributed by atoms with Crippen molar-refractivity contribution in [3.8, 4) is 0 Å². The minimum absolute atomic E-state index is 0.171. The Labute approximate surface area is 93.5 Å². The van der Waals surface area contributed by atoms with Crippen LogP contribution in [0.4, 0.5) is 13.2 Å².